The lowest BCUT2D eigenvalue weighted by Crippen LogP contribution is -2.30. The van der Waals surface area contributed by atoms with Gasteiger partial charge in [-0.25, -0.2) is 0 Å². The third kappa shape index (κ3) is 2.88. The van der Waals surface area contributed by atoms with Crippen molar-refractivity contribution in [3.05, 3.63) is 53.5 Å². The highest BCUT2D eigenvalue weighted by Crippen LogP contribution is 2.23. The molecule has 2 heterocycles. The molecule has 0 radical (unpaired) electrons. The number of nitrogens with one attached hydrogen (secondary N) is 1. The van der Waals surface area contributed by atoms with Gasteiger partial charge in [-0.3, -0.25) is 9.48 Å². The first-order chi connectivity index (χ1) is 10.5. The Kier molecular flexibility index (Phi) is 3.71. The first-order valence-corrected chi connectivity index (χ1v) is 7.32. The lowest BCUT2D eigenvalue weighted by atomic mass is 10.2. The van der Waals surface area contributed by atoms with Crippen LogP contribution in [0.4, 0.5) is 0 Å². The molecule has 114 valence electrons. The molecule has 0 fully saturated rings. The van der Waals surface area contributed by atoms with Crippen molar-refractivity contribution in [3.8, 4) is 0 Å². The van der Waals surface area contributed by atoms with Gasteiger partial charge in [0, 0.05) is 11.1 Å². The van der Waals surface area contributed by atoms with Gasteiger partial charge in [0.1, 0.15) is 17.9 Å². The van der Waals surface area contributed by atoms with Gasteiger partial charge in [-0.15, -0.1) is 0 Å². The fraction of sp³-hybridized carbons (Fsp3) is 0.294. The van der Waals surface area contributed by atoms with Crippen LogP contribution >= 0.6 is 0 Å². The molecular weight excluding hydrogens is 278 g/mol. The predicted octanol–water partition coefficient (Wildman–Crippen LogP) is 3.12. The van der Waals surface area contributed by atoms with E-state index in [4.69, 9.17) is 4.42 Å². The largest absolute Gasteiger partial charge is 0.459 e. The van der Waals surface area contributed by atoms with E-state index in [-0.39, 0.29) is 18.5 Å². The number of amides is 1. The summed E-state index contributed by atoms with van der Waals surface area (Å²) in [6, 6.07) is 11.5. The standard InChI is InChI=1S/C17H19N3O2/c1-11-8-12(2)20(19-11)10-17(21)18-13(3)16-9-14-6-4-5-7-15(14)22-16/h4-9,13H,10H2,1-3H3,(H,18,21)/t13-/m1/s1. The summed E-state index contributed by atoms with van der Waals surface area (Å²) in [7, 11) is 0. The Bertz CT molecular complexity index is 783. The van der Waals surface area contributed by atoms with E-state index in [0.717, 1.165) is 28.1 Å². The quantitative estimate of drug-likeness (QED) is 0.805. The third-order valence-corrected chi connectivity index (χ3v) is 3.65. The molecule has 5 nitrogen and oxygen atoms in total. The van der Waals surface area contributed by atoms with Crippen molar-refractivity contribution in [2.24, 2.45) is 0 Å². The number of benzene rings is 1. The Morgan fingerprint density at radius 3 is 2.77 bits per heavy atom. The average Bonchev–Trinajstić information content (AvgIpc) is 3.02. The summed E-state index contributed by atoms with van der Waals surface area (Å²) in [6.45, 7) is 5.98. The van der Waals surface area contributed by atoms with Crippen molar-refractivity contribution < 1.29 is 9.21 Å². The number of para-hydroxylation sites is 1. The molecule has 0 unspecified atom stereocenters. The topological polar surface area (TPSA) is 60.1 Å². The first-order valence-electron chi connectivity index (χ1n) is 7.32. The van der Waals surface area contributed by atoms with Crippen molar-refractivity contribution in [1.29, 1.82) is 0 Å². The molecule has 0 saturated heterocycles. The summed E-state index contributed by atoms with van der Waals surface area (Å²) in [6.07, 6.45) is 0. The smallest absolute Gasteiger partial charge is 0.242 e. The molecule has 0 bridgehead atoms. The zero-order valence-electron chi connectivity index (χ0n) is 13.0. The summed E-state index contributed by atoms with van der Waals surface area (Å²) in [5, 5.41) is 8.28. The highest BCUT2D eigenvalue weighted by atomic mass is 16.3. The number of hydrogen-bond acceptors (Lipinski definition) is 3. The van der Waals surface area contributed by atoms with E-state index in [2.05, 4.69) is 10.4 Å². The van der Waals surface area contributed by atoms with Crippen LogP contribution < -0.4 is 5.32 Å². The van der Waals surface area contributed by atoms with Crippen LogP contribution in [0.1, 0.15) is 30.1 Å². The summed E-state index contributed by atoms with van der Waals surface area (Å²) in [4.78, 5) is 12.2. The monoisotopic (exact) mass is 297 g/mol. The fourth-order valence-electron chi connectivity index (χ4n) is 2.55. The van der Waals surface area contributed by atoms with E-state index in [9.17, 15) is 4.79 Å². The molecular formula is C17H19N3O2. The van der Waals surface area contributed by atoms with E-state index in [1.807, 2.05) is 57.2 Å². The van der Waals surface area contributed by atoms with Crippen molar-refractivity contribution >= 4 is 16.9 Å². The van der Waals surface area contributed by atoms with E-state index in [0.29, 0.717) is 0 Å². The van der Waals surface area contributed by atoms with Crippen LogP contribution in [0.5, 0.6) is 0 Å². The van der Waals surface area contributed by atoms with Gasteiger partial charge in [-0.1, -0.05) is 18.2 Å². The zero-order valence-corrected chi connectivity index (χ0v) is 13.0. The van der Waals surface area contributed by atoms with Crippen molar-refractivity contribution in [2.75, 3.05) is 0 Å². The van der Waals surface area contributed by atoms with Crippen LogP contribution in [0.3, 0.4) is 0 Å². The summed E-state index contributed by atoms with van der Waals surface area (Å²) >= 11 is 0. The highest BCUT2D eigenvalue weighted by Gasteiger charge is 2.15. The second kappa shape index (κ2) is 5.67. The van der Waals surface area contributed by atoms with Gasteiger partial charge in [-0.2, -0.15) is 5.10 Å². The summed E-state index contributed by atoms with van der Waals surface area (Å²) in [5.41, 5.74) is 2.72. The molecule has 1 N–H and O–H groups in total. The van der Waals surface area contributed by atoms with E-state index in [1.165, 1.54) is 0 Å². The molecule has 5 heteroatoms. The number of carbonyl (C=O) groups excluding carboxylic acids is 1. The molecule has 0 saturated carbocycles. The second-order valence-electron chi connectivity index (χ2n) is 5.56. The number of nitrogens with zero attached hydrogens (tertiary/aromatic N) is 2. The van der Waals surface area contributed by atoms with Gasteiger partial charge in [-0.05, 0) is 39.0 Å². The van der Waals surface area contributed by atoms with Crippen LogP contribution in [-0.2, 0) is 11.3 Å². The molecule has 1 aromatic carbocycles. The van der Waals surface area contributed by atoms with Crippen LogP contribution in [-0.4, -0.2) is 15.7 Å². The molecule has 3 rings (SSSR count). The Balaban J connectivity index is 1.69. The molecule has 0 aliphatic heterocycles. The Morgan fingerprint density at radius 2 is 2.09 bits per heavy atom. The Labute approximate surface area is 128 Å². The average molecular weight is 297 g/mol. The number of rotatable bonds is 4. The molecule has 0 spiro atoms. The number of furan rings is 1. The van der Waals surface area contributed by atoms with Crippen molar-refractivity contribution in [3.63, 3.8) is 0 Å². The van der Waals surface area contributed by atoms with Gasteiger partial charge in [0.15, 0.2) is 0 Å². The number of aromatic nitrogens is 2. The number of aryl methyl sites for hydroxylation is 2. The molecule has 1 amide bonds. The minimum absolute atomic E-state index is 0.0841. The van der Waals surface area contributed by atoms with Gasteiger partial charge < -0.3 is 9.73 Å². The molecule has 0 aliphatic carbocycles. The molecule has 1 atom stereocenters. The minimum Gasteiger partial charge on any atom is -0.459 e. The molecule has 3 aromatic rings. The Hall–Kier alpha value is -2.56. The second-order valence-corrected chi connectivity index (χ2v) is 5.56. The fourth-order valence-corrected chi connectivity index (χ4v) is 2.55. The number of hydrogen-bond donors (Lipinski definition) is 1. The Morgan fingerprint density at radius 1 is 1.32 bits per heavy atom. The van der Waals surface area contributed by atoms with E-state index in [1.54, 1.807) is 4.68 Å². The van der Waals surface area contributed by atoms with Gasteiger partial charge >= 0.3 is 0 Å². The molecule has 0 aliphatic rings. The summed E-state index contributed by atoms with van der Waals surface area (Å²) < 4.78 is 7.48. The third-order valence-electron chi connectivity index (χ3n) is 3.65. The van der Waals surface area contributed by atoms with Crippen LogP contribution in [0, 0.1) is 13.8 Å². The maximum absolute atomic E-state index is 12.2. The van der Waals surface area contributed by atoms with E-state index < -0.39 is 0 Å². The zero-order chi connectivity index (χ0) is 15.7. The van der Waals surface area contributed by atoms with Gasteiger partial charge in [0.25, 0.3) is 0 Å². The van der Waals surface area contributed by atoms with Crippen molar-refractivity contribution in [2.45, 2.75) is 33.4 Å². The lowest BCUT2D eigenvalue weighted by molar-refractivity contribution is -0.122. The SMILES string of the molecule is Cc1cc(C)n(CC(=O)N[C@H](C)c2cc3ccccc3o2)n1. The summed E-state index contributed by atoms with van der Waals surface area (Å²) in [5.74, 6) is 0.669. The van der Waals surface area contributed by atoms with Crippen LogP contribution in [0.15, 0.2) is 40.8 Å². The predicted molar refractivity (Wildman–Crippen MR) is 84.5 cm³/mol. The van der Waals surface area contributed by atoms with Crippen LogP contribution in [0.2, 0.25) is 0 Å². The van der Waals surface area contributed by atoms with E-state index >= 15 is 0 Å². The van der Waals surface area contributed by atoms with Crippen molar-refractivity contribution in [1.82, 2.24) is 15.1 Å². The first kappa shape index (κ1) is 14.4. The normalized spacial score (nSPS) is 12.5. The van der Waals surface area contributed by atoms with Crippen LogP contribution in [0.25, 0.3) is 11.0 Å². The lowest BCUT2D eigenvalue weighted by Gasteiger charge is -2.12. The minimum atomic E-state index is -0.183. The highest BCUT2D eigenvalue weighted by molar-refractivity contribution is 5.79. The van der Waals surface area contributed by atoms with Gasteiger partial charge in [0.2, 0.25) is 5.91 Å². The maximum atomic E-state index is 12.2. The molecule has 22 heavy (non-hydrogen) atoms. The number of fused-ring (bicyclic) bond motifs is 1. The maximum Gasteiger partial charge on any atom is 0.242 e. The van der Waals surface area contributed by atoms with Gasteiger partial charge in [0.05, 0.1) is 11.7 Å². The molecule has 2 aromatic heterocycles. The number of carbonyl (C=O) groups is 1.